The molecule has 3 aromatic rings. The molecule has 5 heterocycles. The van der Waals surface area contributed by atoms with Crippen LogP contribution in [0.1, 0.15) is 80.7 Å². The van der Waals surface area contributed by atoms with Gasteiger partial charge in [-0.3, -0.25) is 24.5 Å². The fourth-order valence-corrected chi connectivity index (χ4v) is 7.79. The van der Waals surface area contributed by atoms with E-state index in [-0.39, 0.29) is 30.3 Å². The predicted octanol–water partition coefficient (Wildman–Crippen LogP) is 4.54. The highest BCUT2D eigenvalue weighted by Gasteiger charge is 2.30. The Morgan fingerprint density at radius 2 is 1.72 bits per heavy atom. The van der Waals surface area contributed by atoms with Crippen molar-refractivity contribution in [2.45, 2.75) is 76.3 Å². The second kappa shape index (κ2) is 13.5. The SMILES string of the molecule is O=C1CCN(c2cc(Cl)cc3c2cnn3C2CCN(CC3CCN(c4ccc(C(=O)NC5CCCCC5)nn4)CC3)CC2)C(=O)N1. The van der Waals surface area contributed by atoms with Crippen molar-refractivity contribution in [1.82, 2.24) is 35.5 Å². The van der Waals surface area contributed by atoms with Gasteiger partial charge in [0.05, 0.1) is 23.4 Å². The molecule has 0 atom stereocenters. The first kappa shape index (κ1) is 30.9. The van der Waals surface area contributed by atoms with Crippen molar-refractivity contribution in [2.75, 3.05) is 49.1 Å². The fourth-order valence-electron chi connectivity index (χ4n) is 7.58. The monoisotopic (exact) mass is 647 g/mol. The van der Waals surface area contributed by atoms with Crippen molar-refractivity contribution in [3.05, 3.63) is 41.2 Å². The van der Waals surface area contributed by atoms with Crippen molar-refractivity contribution in [3.8, 4) is 0 Å². The van der Waals surface area contributed by atoms with E-state index in [1.807, 2.05) is 18.3 Å². The number of fused-ring (bicyclic) bond motifs is 1. The maximum Gasteiger partial charge on any atom is 0.328 e. The van der Waals surface area contributed by atoms with Gasteiger partial charge in [0.15, 0.2) is 11.5 Å². The molecular formula is C33H42ClN9O3. The van der Waals surface area contributed by atoms with E-state index in [4.69, 9.17) is 16.7 Å². The maximum absolute atomic E-state index is 12.6. The first-order valence-electron chi connectivity index (χ1n) is 16.8. The molecule has 0 unspecified atom stereocenters. The second-order valence-corrected chi connectivity index (χ2v) is 13.7. The second-order valence-electron chi connectivity index (χ2n) is 13.2. The molecule has 46 heavy (non-hydrogen) atoms. The van der Waals surface area contributed by atoms with E-state index in [9.17, 15) is 14.4 Å². The van der Waals surface area contributed by atoms with Gasteiger partial charge < -0.3 is 15.1 Å². The van der Waals surface area contributed by atoms with Crippen LogP contribution in [0.4, 0.5) is 16.3 Å². The zero-order valence-electron chi connectivity index (χ0n) is 26.2. The molecule has 0 radical (unpaired) electrons. The summed E-state index contributed by atoms with van der Waals surface area (Å²) in [6.07, 6.45) is 12.0. The number of hydrogen-bond acceptors (Lipinski definition) is 8. The highest BCUT2D eigenvalue weighted by molar-refractivity contribution is 6.32. The summed E-state index contributed by atoms with van der Waals surface area (Å²) in [5.74, 6) is 1.10. The number of halogens is 1. The average Bonchev–Trinajstić information content (AvgIpc) is 3.49. The molecule has 4 aliphatic rings. The Hall–Kier alpha value is -3.77. The number of benzene rings is 1. The highest BCUT2D eigenvalue weighted by atomic mass is 35.5. The van der Waals surface area contributed by atoms with Crippen molar-refractivity contribution < 1.29 is 14.4 Å². The zero-order chi connectivity index (χ0) is 31.6. The third-order valence-electron chi connectivity index (χ3n) is 10.2. The number of amides is 4. The van der Waals surface area contributed by atoms with Gasteiger partial charge in [-0.1, -0.05) is 30.9 Å². The van der Waals surface area contributed by atoms with Crippen molar-refractivity contribution in [1.29, 1.82) is 0 Å². The molecule has 0 spiro atoms. The van der Waals surface area contributed by atoms with Gasteiger partial charge in [-0.25, -0.2) is 4.79 Å². The van der Waals surface area contributed by atoms with Gasteiger partial charge in [0, 0.05) is 62.1 Å². The van der Waals surface area contributed by atoms with Crippen LogP contribution in [0.5, 0.6) is 0 Å². The number of piperidine rings is 2. The molecular weight excluding hydrogens is 606 g/mol. The van der Waals surface area contributed by atoms with E-state index < -0.39 is 6.03 Å². The molecule has 3 aliphatic heterocycles. The molecule has 4 fully saturated rings. The number of nitrogens with one attached hydrogen (secondary N) is 2. The van der Waals surface area contributed by atoms with Gasteiger partial charge in [0.2, 0.25) is 5.91 Å². The highest BCUT2D eigenvalue weighted by Crippen LogP contribution is 2.35. The molecule has 2 aromatic heterocycles. The van der Waals surface area contributed by atoms with E-state index in [0.29, 0.717) is 28.9 Å². The van der Waals surface area contributed by atoms with E-state index >= 15 is 0 Å². The molecule has 2 N–H and O–H groups in total. The largest absolute Gasteiger partial charge is 0.355 e. The minimum absolute atomic E-state index is 0.118. The molecule has 12 nitrogen and oxygen atoms in total. The van der Waals surface area contributed by atoms with Crippen molar-refractivity contribution in [3.63, 3.8) is 0 Å². The Morgan fingerprint density at radius 3 is 2.43 bits per heavy atom. The first-order valence-corrected chi connectivity index (χ1v) is 17.2. The number of rotatable bonds is 7. The lowest BCUT2D eigenvalue weighted by atomic mass is 9.94. The summed E-state index contributed by atoms with van der Waals surface area (Å²) in [5, 5.41) is 20.3. The topological polar surface area (TPSA) is 129 Å². The number of hydrogen-bond donors (Lipinski definition) is 2. The minimum atomic E-state index is -0.424. The van der Waals surface area contributed by atoms with Crippen LogP contribution in [0.25, 0.3) is 10.9 Å². The van der Waals surface area contributed by atoms with E-state index in [1.165, 1.54) is 19.3 Å². The van der Waals surface area contributed by atoms with Crippen molar-refractivity contribution in [2.24, 2.45) is 5.92 Å². The first-order chi connectivity index (χ1) is 22.4. The van der Waals surface area contributed by atoms with Gasteiger partial charge >= 0.3 is 6.03 Å². The number of nitrogens with zero attached hydrogens (tertiary/aromatic N) is 7. The zero-order valence-corrected chi connectivity index (χ0v) is 26.9. The number of likely N-dealkylation sites (tertiary alicyclic amines) is 1. The quantitative estimate of drug-likeness (QED) is 0.383. The van der Waals surface area contributed by atoms with Crippen LogP contribution in [-0.2, 0) is 4.79 Å². The Morgan fingerprint density at radius 1 is 0.935 bits per heavy atom. The van der Waals surface area contributed by atoms with E-state index in [0.717, 1.165) is 88.0 Å². The van der Waals surface area contributed by atoms with Crippen LogP contribution >= 0.6 is 11.6 Å². The summed E-state index contributed by atoms with van der Waals surface area (Å²) in [5.41, 5.74) is 2.00. The smallest absolute Gasteiger partial charge is 0.328 e. The Bertz CT molecular complexity index is 1570. The molecule has 13 heteroatoms. The van der Waals surface area contributed by atoms with Crippen LogP contribution in [0.15, 0.2) is 30.5 Å². The third-order valence-corrected chi connectivity index (χ3v) is 10.4. The van der Waals surface area contributed by atoms with Crippen LogP contribution < -0.4 is 20.4 Å². The Kier molecular flexibility index (Phi) is 9.08. The Labute approximate surface area is 273 Å². The van der Waals surface area contributed by atoms with Gasteiger partial charge in [-0.2, -0.15) is 5.10 Å². The minimum Gasteiger partial charge on any atom is -0.355 e. The number of imide groups is 1. The molecule has 0 bridgehead atoms. The fraction of sp³-hybridized carbons (Fsp3) is 0.576. The van der Waals surface area contributed by atoms with Crippen LogP contribution in [0.3, 0.4) is 0 Å². The number of urea groups is 1. The molecule has 1 aromatic carbocycles. The summed E-state index contributed by atoms with van der Waals surface area (Å²) >= 11 is 6.52. The average molecular weight is 648 g/mol. The number of carbonyl (C=O) groups excluding carboxylic acids is 3. The summed E-state index contributed by atoms with van der Waals surface area (Å²) in [6.45, 7) is 5.30. The maximum atomic E-state index is 12.6. The predicted molar refractivity (Wildman–Crippen MR) is 176 cm³/mol. The summed E-state index contributed by atoms with van der Waals surface area (Å²) in [7, 11) is 0. The summed E-state index contributed by atoms with van der Waals surface area (Å²) < 4.78 is 2.07. The molecule has 4 amide bonds. The Balaban J connectivity index is 0.897. The molecule has 7 rings (SSSR count). The number of aromatic nitrogens is 4. The standard InChI is InChI=1S/C33H42ClN9O3/c34-23-18-28(42-17-12-31(44)37-33(42)46)26-20-35-43(29(26)19-23)25-10-13-40(14-11-25)21-22-8-15-41(16-9-22)30-7-6-27(38-39-30)32(45)36-24-4-2-1-3-5-24/h6-7,18-20,22,24-25H,1-5,8-17,21H2,(H,36,45)(H,37,44,46). The third kappa shape index (κ3) is 6.69. The molecule has 3 saturated heterocycles. The van der Waals surface area contributed by atoms with Gasteiger partial charge in [0.25, 0.3) is 5.91 Å². The number of anilines is 2. The van der Waals surface area contributed by atoms with Gasteiger partial charge in [0.1, 0.15) is 0 Å². The molecule has 244 valence electrons. The lowest BCUT2D eigenvalue weighted by Crippen LogP contribution is -2.49. The van der Waals surface area contributed by atoms with Crippen LogP contribution in [0, 0.1) is 5.92 Å². The molecule has 1 aliphatic carbocycles. The van der Waals surface area contributed by atoms with E-state index in [2.05, 4.69) is 35.3 Å². The summed E-state index contributed by atoms with van der Waals surface area (Å²) in [6, 6.07) is 7.53. The van der Waals surface area contributed by atoms with Crippen molar-refractivity contribution >= 4 is 51.9 Å². The van der Waals surface area contributed by atoms with E-state index in [1.54, 1.807) is 17.0 Å². The van der Waals surface area contributed by atoms with Crippen LogP contribution in [0.2, 0.25) is 5.02 Å². The number of carbonyl (C=O) groups is 3. The molecule has 1 saturated carbocycles. The van der Waals surface area contributed by atoms with Gasteiger partial charge in [-0.15, -0.1) is 10.2 Å². The van der Waals surface area contributed by atoms with Crippen LogP contribution in [-0.4, -0.2) is 88.0 Å². The normalized spacial score (nSPS) is 21.2. The lowest BCUT2D eigenvalue weighted by molar-refractivity contribution is -0.120. The van der Waals surface area contributed by atoms with Gasteiger partial charge in [-0.05, 0) is 68.7 Å². The lowest BCUT2D eigenvalue weighted by Gasteiger charge is -2.38. The summed E-state index contributed by atoms with van der Waals surface area (Å²) in [4.78, 5) is 43.3.